The molecule has 0 aromatic heterocycles. The molecule has 2 aliphatic rings. The van der Waals surface area contributed by atoms with Crippen LogP contribution in [0.3, 0.4) is 0 Å². The second-order valence-corrected chi connectivity index (χ2v) is 6.67. The van der Waals surface area contributed by atoms with E-state index in [4.69, 9.17) is 4.74 Å². The van der Waals surface area contributed by atoms with Gasteiger partial charge in [-0.2, -0.15) is 0 Å². The van der Waals surface area contributed by atoms with Crippen LogP contribution in [0.25, 0.3) is 0 Å². The van der Waals surface area contributed by atoms with Crippen molar-refractivity contribution in [2.24, 2.45) is 5.92 Å². The smallest absolute Gasteiger partial charge is 0.306 e. The fourth-order valence-corrected chi connectivity index (χ4v) is 3.93. The summed E-state index contributed by atoms with van der Waals surface area (Å²) >= 11 is 0. The minimum absolute atomic E-state index is 0.0446. The van der Waals surface area contributed by atoms with Gasteiger partial charge in [0.05, 0.1) is 6.61 Å². The monoisotopic (exact) mass is 301 g/mol. The van der Waals surface area contributed by atoms with Crippen molar-refractivity contribution in [3.63, 3.8) is 0 Å². The number of piperidine rings is 2. The Balaban J connectivity index is 1.42. The molecule has 2 saturated heterocycles. The summed E-state index contributed by atoms with van der Waals surface area (Å²) in [6.07, 6.45) is 7.69. The lowest BCUT2D eigenvalue weighted by molar-refractivity contribution is -0.146. The molecule has 2 heterocycles. The molecule has 0 N–H and O–H groups in total. The van der Waals surface area contributed by atoms with Crippen molar-refractivity contribution in [2.75, 3.05) is 19.7 Å². The highest BCUT2D eigenvalue weighted by atomic mass is 16.5. The van der Waals surface area contributed by atoms with E-state index in [1.165, 1.54) is 50.8 Å². The van der Waals surface area contributed by atoms with Crippen molar-refractivity contribution < 1.29 is 9.53 Å². The number of rotatable bonds is 5. The van der Waals surface area contributed by atoms with Gasteiger partial charge in [-0.15, -0.1) is 0 Å². The molecule has 22 heavy (non-hydrogen) atoms. The third-order valence-corrected chi connectivity index (χ3v) is 5.15. The largest absolute Gasteiger partial charge is 0.465 e. The second-order valence-electron chi connectivity index (χ2n) is 6.67. The first-order valence-electron chi connectivity index (χ1n) is 8.76. The molecular formula is C19H27NO2. The Kier molecular flexibility index (Phi) is 5.49. The Morgan fingerprint density at radius 3 is 2.77 bits per heavy atom. The summed E-state index contributed by atoms with van der Waals surface area (Å²) in [5.74, 6) is 0.506. The first-order valence-corrected chi connectivity index (χ1v) is 8.76. The fourth-order valence-electron chi connectivity index (χ4n) is 3.93. The number of carbonyl (C=O) groups excluding carboxylic acids is 1. The standard InChI is InChI=1S/C19H27NO2/c21-19(12-11-16-7-2-1-3-8-16)22-15-17-9-6-14-20-13-5-4-10-18(17)20/h1-3,7-8,17-18H,4-6,9-15H2/t17-,18-/m1/s1. The van der Waals surface area contributed by atoms with E-state index in [1.807, 2.05) is 18.2 Å². The average molecular weight is 301 g/mol. The van der Waals surface area contributed by atoms with E-state index >= 15 is 0 Å². The first kappa shape index (κ1) is 15.5. The number of carbonyl (C=O) groups is 1. The summed E-state index contributed by atoms with van der Waals surface area (Å²) in [5.41, 5.74) is 1.20. The Morgan fingerprint density at radius 1 is 1.09 bits per heavy atom. The lowest BCUT2D eigenvalue weighted by Crippen LogP contribution is -2.49. The third kappa shape index (κ3) is 4.10. The van der Waals surface area contributed by atoms with Gasteiger partial charge in [-0.1, -0.05) is 36.8 Å². The van der Waals surface area contributed by atoms with Crippen LogP contribution in [0.1, 0.15) is 44.1 Å². The lowest BCUT2D eigenvalue weighted by atomic mass is 9.84. The van der Waals surface area contributed by atoms with Crippen LogP contribution in [0.5, 0.6) is 0 Å². The summed E-state index contributed by atoms with van der Waals surface area (Å²) in [6.45, 7) is 3.10. The second kappa shape index (κ2) is 7.77. The molecule has 3 rings (SSSR count). The number of fused-ring (bicyclic) bond motifs is 1. The third-order valence-electron chi connectivity index (χ3n) is 5.15. The SMILES string of the molecule is O=C(CCc1ccccc1)OC[C@H]1CCCN2CCCC[C@H]12. The number of hydrogen-bond donors (Lipinski definition) is 0. The summed E-state index contributed by atoms with van der Waals surface area (Å²) in [6, 6.07) is 10.8. The van der Waals surface area contributed by atoms with Gasteiger partial charge in [0, 0.05) is 18.4 Å². The quantitative estimate of drug-likeness (QED) is 0.780. The van der Waals surface area contributed by atoms with Crippen molar-refractivity contribution in [3.8, 4) is 0 Å². The topological polar surface area (TPSA) is 29.5 Å². The van der Waals surface area contributed by atoms with Crippen molar-refractivity contribution in [1.29, 1.82) is 0 Å². The maximum absolute atomic E-state index is 12.0. The van der Waals surface area contributed by atoms with Crippen LogP contribution in [0.4, 0.5) is 0 Å². The van der Waals surface area contributed by atoms with Gasteiger partial charge in [0.25, 0.3) is 0 Å². The minimum Gasteiger partial charge on any atom is -0.465 e. The van der Waals surface area contributed by atoms with Crippen LogP contribution in [-0.4, -0.2) is 36.6 Å². The maximum Gasteiger partial charge on any atom is 0.306 e. The Labute approximate surface area is 133 Å². The van der Waals surface area contributed by atoms with Gasteiger partial charge in [-0.25, -0.2) is 0 Å². The van der Waals surface area contributed by atoms with Crippen LogP contribution in [-0.2, 0) is 16.0 Å². The predicted octanol–water partition coefficient (Wildman–Crippen LogP) is 3.43. The summed E-state index contributed by atoms with van der Waals surface area (Å²) < 4.78 is 5.59. The molecule has 0 radical (unpaired) electrons. The maximum atomic E-state index is 12.0. The average Bonchev–Trinajstić information content (AvgIpc) is 2.59. The van der Waals surface area contributed by atoms with E-state index in [2.05, 4.69) is 17.0 Å². The van der Waals surface area contributed by atoms with Crippen molar-refractivity contribution in [2.45, 2.75) is 51.0 Å². The molecule has 1 aromatic rings. The summed E-state index contributed by atoms with van der Waals surface area (Å²) in [5, 5.41) is 0. The van der Waals surface area contributed by atoms with E-state index in [9.17, 15) is 4.79 Å². The molecule has 2 aliphatic heterocycles. The van der Waals surface area contributed by atoms with Crippen LogP contribution in [0, 0.1) is 5.92 Å². The molecular weight excluding hydrogens is 274 g/mol. The molecule has 0 spiro atoms. The van der Waals surface area contributed by atoms with E-state index < -0.39 is 0 Å². The molecule has 0 bridgehead atoms. The van der Waals surface area contributed by atoms with E-state index in [0.29, 0.717) is 25.0 Å². The number of benzene rings is 1. The van der Waals surface area contributed by atoms with E-state index in [-0.39, 0.29) is 5.97 Å². The van der Waals surface area contributed by atoms with Gasteiger partial charge >= 0.3 is 5.97 Å². The van der Waals surface area contributed by atoms with Crippen molar-refractivity contribution >= 4 is 5.97 Å². The van der Waals surface area contributed by atoms with Gasteiger partial charge in [-0.05, 0) is 50.8 Å². The Morgan fingerprint density at radius 2 is 1.91 bits per heavy atom. The van der Waals surface area contributed by atoms with Gasteiger partial charge in [0.2, 0.25) is 0 Å². The van der Waals surface area contributed by atoms with Crippen LogP contribution >= 0.6 is 0 Å². The molecule has 0 aliphatic carbocycles. The molecule has 0 unspecified atom stereocenters. The number of ether oxygens (including phenoxy) is 1. The number of aryl methyl sites for hydroxylation is 1. The van der Waals surface area contributed by atoms with Gasteiger partial charge in [0.15, 0.2) is 0 Å². The molecule has 0 amide bonds. The van der Waals surface area contributed by atoms with Gasteiger partial charge in [0.1, 0.15) is 0 Å². The highest BCUT2D eigenvalue weighted by Crippen LogP contribution is 2.31. The molecule has 2 fully saturated rings. The van der Waals surface area contributed by atoms with Crippen LogP contribution in [0.2, 0.25) is 0 Å². The normalized spacial score (nSPS) is 25.5. The van der Waals surface area contributed by atoms with Crippen LogP contribution < -0.4 is 0 Å². The number of nitrogens with zero attached hydrogens (tertiary/aromatic N) is 1. The van der Waals surface area contributed by atoms with Crippen LogP contribution in [0.15, 0.2) is 30.3 Å². The lowest BCUT2D eigenvalue weighted by Gasteiger charge is -2.44. The van der Waals surface area contributed by atoms with Crippen molar-refractivity contribution in [1.82, 2.24) is 4.90 Å². The van der Waals surface area contributed by atoms with Crippen molar-refractivity contribution in [3.05, 3.63) is 35.9 Å². The predicted molar refractivity (Wildman–Crippen MR) is 87.7 cm³/mol. The minimum atomic E-state index is -0.0446. The van der Waals surface area contributed by atoms with Gasteiger partial charge in [-0.3, -0.25) is 9.69 Å². The zero-order valence-corrected chi connectivity index (χ0v) is 13.4. The molecule has 2 atom stereocenters. The Bertz CT molecular complexity index is 472. The van der Waals surface area contributed by atoms with Gasteiger partial charge < -0.3 is 4.74 Å². The summed E-state index contributed by atoms with van der Waals surface area (Å²) in [4.78, 5) is 14.6. The molecule has 0 saturated carbocycles. The molecule has 120 valence electrons. The number of hydrogen-bond acceptors (Lipinski definition) is 3. The highest BCUT2D eigenvalue weighted by Gasteiger charge is 2.33. The first-order chi connectivity index (χ1) is 10.8. The molecule has 3 nitrogen and oxygen atoms in total. The zero-order chi connectivity index (χ0) is 15.2. The molecule has 1 aromatic carbocycles. The van der Waals surface area contributed by atoms with E-state index in [1.54, 1.807) is 0 Å². The Hall–Kier alpha value is -1.35. The highest BCUT2D eigenvalue weighted by molar-refractivity contribution is 5.69. The fraction of sp³-hybridized carbons (Fsp3) is 0.632. The number of esters is 1. The van der Waals surface area contributed by atoms with E-state index in [0.717, 1.165) is 6.42 Å². The molecule has 3 heteroatoms. The summed E-state index contributed by atoms with van der Waals surface area (Å²) in [7, 11) is 0. The zero-order valence-electron chi connectivity index (χ0n) is 13.4.